The Kier molecular flexibility index (Phi) is 2.26. The molecule has 18 heavy (non-hydrogen) atoms. The molecular formula is C11H11F3N4. The fraction of sp³-hybridized carbons (Fsp3) is 0.455. The first-order chi connectivity index (χ1) is 8.47. The van der Waals surface area contributed by atoms with Crippen LogP contribution in [0.1, 0.15) is 24.5 Å². The molecule has 1 aliphatic rings. The zero-order valence-electron chi connectivity index (χ0n) is 9.35. The molecule has 0 aromatic carbocycles. The first-order valence-electron chi connectivity index (χ1n) is 5.63. The summed E-state index contributed by atoms with van der Waals surface area (Å²) in [5, 5.41) is 3.89. The van der Waals surface area contributed by atoms with Crippen LogP contribution in [0.2, 0.25) is 0 Å². The van der Waals surface area contributed by atoms with Crippen LogP contribution in [0.25, 0.3) is 5.65 Å². The van der Waals surface area contributed by atoms with Crippen molar-refractivity contribution in [3.05, 3.63) is 24.0 Å². The van der Waals surface area contributed by atoms with Crippen molar-refractivity contribution in [2.75, 3.05) is 5.73 Å². The number of anilines is 1. The maximum Gasteiger partial charge on any atom is 0.397 e. The van der Waals surface area contributed by atoms with E-state index < -0.39 is 12.1 Å². The van der Waals surface area contributed by atoms with E-state index in [1.165, 1.54) is 16.8 Å². The molecule has 1 fully saturated rings. The van der Waals surface area contributed by atoms with Crippen molar-refractivity contribution in [2.45, 2.75) is 24.9 Å². The number of fused-ring (bicyclic) bond motifs is 1. The maximum absolute atomic E-state index is 13.1. The van der Waals surface area contributed by atoms with Crippen molar-refractivity contribution in [3.63, 3.8) is 0 Å². The van der Waals surface area contributed by atoms with Gasteiger partial charge in [-0.1, -0.05) is 0 Å². The second kappa shape index (κ2) is 3.60. The Morgan fingerprint density at radius 3 is 2.72 bits per heavy atom. The van der Waals surface area contributed by atoms with Crippen molar-refractivity contribution in [1.29, 1.82) is 0 Å². The molecule has 96 valence electrons. The van der Waals surface area contributed by atoms with Gasteiger partial charge in [-0.05, 0) is 18.8 Å². The zero-order valence-corrected chi connectivity index (χ0v) is 9.35. The first-order valence-corrected chi connectivity index (χ1v) is 5.63. The smallest absolute Gasteiger partial charge is 0.384 e. The van der Waals surface area contributed by atoms with Gasteiger partial charge in [0.25, 0.3) is 0 Å². The Bertz CT molecular complexity index is 585. The molecule has 1 unspecified atom stereocenters. The van der Waals surface area contributed by atoms with E-state index in [2.05, 4.69) is 10.1 Å². The monoisotopic (exact) mass is 256 g/mol. The molecular weight excluding hydrogens is 245 g/mol. The average molecular weight is 256 g/mol. The molecule has 0 spiro atoms. The van der Waals surface area contributed by atoms with Gasteiger partial charge < -0.3 is 5.73 Å². The van der Waals surface area contributed by atoms with E-state index in [9.17, 15) is 13.2 Å². The summed E-state index contributed by atoms with van der Waals surface area (Å²) in [4.78, 5) is 4.02. The van der Waals surface area contributed by atoms with Crippen molar-refractivity contribution < 1.29 is 13.2 Å². The van der Waals surface area contributed by atoms with Gasteiger partial charge in [0.2, 0.25) is 0 Å². The minimum atomic E-state index is -4.28. The number of rotatable bonds is 2. The number of hydrogen-bond acceptors (Lipinski definition) is 3. The topological polar surface area (TPSA) is 56.2 Å². The quantitative estimate of drug-likeness (QED) is 0.897. The first kappa shape index (κ1) is 11.3. The Balaban J connectivity index is 2.11. The summed E-state index contributed by atoms with van der Waals surface area (Å²) in [5.74, 6) is -1.70. The van der Waals surface area contributed by atoms with Crippen LogP contribution in [-0.2, 0) is 0 Å². The Hall–Kier alpha value is -1.79. The van der Waals surface area contributed by atoms with E-state index in [1.54, 1.807) is 6.07 Å². The minimum Gasteiger partial charge on any atom is -0.384 e. The molecule has 0 aliphatic heterocycles. The standard InChI is InChI=1S/C11H11F3N4/c12-11(13,14)10(6-1-2-6)7-5-8(15)18-9(17-7)3-4-16-18/h3-6,10H,1-2,15H2. The maximum atomic E-state index is 13.1. The molecule has 1 aliphatic carbocycles. The Morgan fingerprint density at radius 1 is 1.39 bits per heavy atom. The number of halogens is 3. The van der Waals surface area contributed by atoms with Crippen molar-refractivity contribution in [3.8, 4) is 0 Å². The van der Waals surface area contributed by atoms with Crippen LogP contribution in [0.5, 0.6) is 0 Å². The van der Waals surface area contributed by atoms with Gasteiger partial charge in [-0.15, -0.1) is 0 Å². The van der Waals surface area contributed by atoms with Gasteiger partial charge >= 0.3 is 6.18 Å². The summed E-state index contributed by atoms with van der Waals surface area (Å²) in [5.41, 5.74) is 6.04. The number of aromatic nitrogens is 3. The molecule has 2 N–H and O–H groups in total. The molecule has 2 aromatic rings. The molecule has 4 nitrogen and oxygen atoms in total. The van der Waals surface area contributed by atoms with Gasteiger partial charge in [0.15, 0.2) is 5.65 Å². The highest BCUT2D eigenvalue weighted by Crippen LogP contribution is 2.50. The van der Waals surface area contributed by atoms with Gasteiger partial charge in [-0.2, -0.15) is 22.8 Å². The average Bonchev–Trinajstić information content (AvgIpc) is 2.93. The second-order valence-corrected chi connectivity index (χ2v) is 4.56. The second-order valence-electron chi connectivity index (χ2n) is 4.56. The highest BCUT2D eigenvalue weighted by Gasteiger charge is 2.50. The number of nitrogen functional groups attached to an aromatic ring is 1. The molecule has 1 saturated carbocycles. The van der Waals surface area contributed by atoms with Crippen LogP contribution in [0.3, 0.4) is 0 Å². The molecule has 1 atom stereocenters. The van der Waals surface area contributed by atoms with Crippen LogP contribution >= 0.6 is 0 Å². The third-order valence-corrected chi connectivity index (χ3v) is 3.17. The van der Waals surface area contributed by atoms with Crippen LogP contribution < -0.4 is 5.73 Å². The third kappa shape index (κ3) is 1.79. The van der Waals surface area contributed by atoms with Gasteiger partial charge in [-0.25, -0.2) is 4.98 Å². The number of nitrogens with zero attached hydrogens (tertiary/aromatic N) is 3. The molecule has 7 heteroatoms. The van der Waals surface area contributed by atoms with E-state index in [4.69, 9.17) is 5.73 Å². The summed E-state index contributed by atoms with van der Waals surface area (Å²) in [6.07, 6.45) is -1.63. The lowest BCUT2D eigenvalue weighted by Gasteiger charge is -2.19. The number of hydrogen-bond donors (Lipinski definition) is 1. The number of nitrogens with two attached hydrogens (primary N) is 1. The van der Waals surface area contributed by atoms with Gasteiger partial charge in [-0.3, -0.25) is 0 Å². The van der Waals surface area contributed by atoms with Gasteiger partial charge in [0, 0.05) is 12.1 Å². The van der Waals surface area contributed by atoms with E-state index in [0.717, 1.165) is 0 Å². The summed E-state index contributed by atoms with van der Waals surface area (Å²) in [6.45, 7) is 0. The Labute approximate surface area is 101 Å². The fourth-order valence-corrected chi connectivity index (χ4v) is 2.22. The van der Waals surface area contributed by atoms with Crippen molar-refractivity contribution in [2.24, 2.45) is 5.92 Å². The molecule has 2 aromatic heterocycles. The van der Waals surface area contributed by atoms with Crippen molar-refractivity contribution >= 4 is 11.5 Å². The predicted molar refractivity (Wildman–Crippen MR) is 58.9 cm³/mol. The predicted octanol–water partition coefficient (Wildman–Crippen LogP) is 2.37. The van der Waals surface area contributed by atoms with Crippen LogP contribution in [-0.4, -0.2) is 20.8 Å². The zero-order chi connectivity index (χ0) is 12.9. The summed E-state index contributed by atoms with van der Waals surface area (Å²) in [7, 11) is 0. The largest absolute Gasteiger partial charge is 0.397 e. The fourth-order valence-electron chi connectivity index (χ4n) is 2.22. The van der Waals surface area contributed by atoms with E-state index >= 15 is 0 Å². The normalized spacial score (nSPS) is 18.2. The van der Waals surface area contributed by atoms with Crippen LogP contribution in [0.15, 0.2) is 18.3 Å². The van der Waals surface area contributed by atoms with Crippen LogP contribution in [0, 0.1) is 5.92 Å². The van der Waals surface area contributed by atoms with E-state index in [1.807, 2.05) is 0 Å². The summed E-state index contributed by atoms with van der Waals surface area (Å²) >= 11 is 0. The van der Waals surface area contributed by atoms with Gasteiger partial charge in [0.05, 0.1) is 11.9 Å². The van der Waals surface area contributed by atoms with E-state index in [-0.39, 0.29) is 17.4 Å². The van der Waals surface area contributed by atoms with Crippen molar-refractivity contribution in [1.82, 2.24) is 14.6 Å². The molecule has 0 bridgehead atoms. The lowest BCUT2D eigenvalue weighted by Crippen LogP contribution is -2.24. The highest BCUT2D eigenvalue weighted by molar-refractivity contribution is 5.47. The molecule has 3 rings (SSSR count). The molecule has 2 heterocycles. The molecule has 0 saturated heterocycles. The third-order valence-electron chi connectivity index (χ3n) is 3.17. The molecule has 0 amide bonds. The minimum absolute atomic E-state index is 0.00417. The summed E-state index contributed by atoms with van der Waals surface area (Å²) in [6, 6.07) is 2.82. The Morgan fingerprint density at radius 2 is 2.11 bits per heavy atom. The van der Waals surface area contributed by atoms with E-state index in [0.29, 0.717) is 18.5 Å². The number of alkyl halides is 3. The lowest BCUT2D eigenvalue weighted by molar-refractivity contribution is -0.155. The lowest BCUT2D eigenvalue weighted by atomic mass is 9.98. The summed E-state index contributed by atoms with van der Waals surface area (Å²) < 4.78 is 40.5. The van der Waals surface area contributed by atoms with Gasteiger partial charge in [0.1, 0.15) is 11.7 Å². The SMILES string of the molecule is Nc1cc(C(C2CC2)C(F)(F)F)nc2ccnn12. The molecule has 0 radical (unpaired) electrons. The van der Waals surface area contributed by atoms with Crippen LogP contribution in [0.4, 0.5) is 19.0 Å². The highest BCUT2D eigenvalue weighted by atomic mass is 19.4.